The smallest absolute Gasteiger partial charge is 0.251 e. The molecule has 0 aliphatic heterocycles. The minimum atomic E-state index is -0.121. The second kappa shape index (κ2) is 7.57. The van der Waals surface area contributed by atoms with Crippen molar-refractivity contribution >= 4 is 5.91 Å². The van der Waals surface area contributed by atoms with Gasteiger partial charge in [-0.2, -0.15) is 0 Å². The Labute approximate surface area is 146 Å². The number of methoxy groups -OCH3 is 1. The number of nitrogens with one attached hydrogen (secondary N) is 1. The first kappa shape index (κ1) is 16.6. The normalized spacial score (nSPS) is 11.6. The number of rotatable bonds is 5. The highest BCUT2D eigenvalue weighted by Crippen LogP contribution is 2.20. The van der Waals surface area contributed by atoms with Gasteiger partial charge in [-0.25, -0.2) is 9.97 Å². The SMILES string of the molecule is COc1cccc([C@@H](C)NC(=O)c2ccc(-c3ccncn3)cc2)c1. The lowest BCUT2D eigenvalue weighted by atomic mass is 10.1. The van der Waals surface area contributed by atoms with Crippen molar-refractivity contribution in [2.75, 3.05) is 7.11 Å². The number of aromatic nitrogens is 2. The average molecular weight is 333 g/mol. The van der Waals surface area contributed by atoms with E-state index in [1.165, 1.54) is 6.33 Å². The molecule has 2 aromatic carbocycles. The molecule has 1 heterocycles. The van der Waals surface area contributed by atoms with E-state index >= 15 is 0 Å². The van der Waals surface area contributed by atoms with Gasteiger partial charge in [-0.05, 0) is 42.8 Å². The van der Waals surface area contributed by atoms with Crippen molar-refractivity contribution in [2.24, 2.45) is 0 Å². The summed E-state index contributed by atoms with van der Waals surface area (Å²) in [5.41, 5.74) is 3.37. The lowest BCUT2D eigenvalue weighted by Gasteiger charge is -2.15. The monoisotopic (exact) mass is 333 g/mol. The van der Waals surface area contributed by atoms with Crippen LogP contribution in [0.5, 0.6) is 5.75 Å². The van der Waals surface area contributed by atoms with Gasteiger partial charge < -0.3 is 10.1 Å². The van der Waals surface area contributed by atoms with Crippen LogP contribution in [0.1, 0.15) is 28.9 Å². The third-order valence-corrected chi connectivity index (χ3v) is 3.97. The van der Waals surface area contributed by atoms with Crippen LogP contribution in [0.4, 0.5) is 0 Å². The summed E-state index contributed by atoms with van der Waals surface area (Å²) in [6, 6.07) is 16.7. The molecule has 126 valence electrons. The first-order valence-electron chi connectivity index (χ1n) is 7.98. The van der Waals surface area contributed by atoms with Crippen LogP contribution in [-0.4, -0.2) is 23.0 Å². The molecule has 0 spiro atoms. The van der Waals surface area contributed by atoms with Gasteiger partial charge in [-0.1, -0.05) is 24.3 Å². The predicted octanol–water partition coefficient (Wildman–Crippen LogP) is 3.64. The zero-order valence-electron chi connectivity index (χ0n) is 14.1. The molecular weight excluding hydrogens is 314 g/mol. The molecule has 5 heteroatoms. The van der Waals surface area contributed by atoms with Gasteiger partial charge in [0.05, 0.1) is 18.8 Å². The van der Waals surface area contributed by atoms with Crippen LogP contribution >= 0.6 is 0 Å². The second-order valence-corrected chi connectivity index (χ2v) is 5.64. The Morgan fingerprint density at radius 3 is 2.60 bits per heavy atom. The Morgan fingerprint density at radius 1 is 1.12 bits per heavy atom. The number of hydrogen-bond acceptors (Lipinski definition) is 4. The maximum absolute atomic E-state index is 12.5. The van der Waals surface area contributed by atoms with Crippen LogP contribution in [0, 0.1) is 0 Å². The van der Waals surface area contributed by atoms with E-state index in [0.717, 1.165) is 22.6 Å². The summed E-state index contributed by atoms with van der Waals surface area (Å²) in [5, 5.41) is 3.00. The molecule has 3 aromatic rings. The molecule has 5 nitrogen and oxygen atoms in total. The Bertz CT molecular complexity index is 848. The fourth-order valence-corrected chi connectivity index (χ4v) is 2.53. The summed E-state index contributed by atoms with van der Waals surface area (Å²) in [4.78, 5) is 20.6. The van der Waals surface area contributed by atoms with Crippen LogP contribution in [0.3, 0.4) is 0 Å². The summed E-state index contributed by atoms with van der Waals surface area (Å²) in [5.74, 6) is 0.650. The maximum atomic E-state index is 12.5. The van der Waals surface area contributed by atoms with Crippen molar-refractivity contribution in [3.05, 3.63) is 78.2 Å². The highest BCUT2D eigenvalue weighted by atomic mass is 16.5. The molecule has 1 N–H and O–H groups in total. The third kappa shape index (κ3) is 4.01. The molecule has 0 saturated carbocycles. The molecule has 0 aliphatic rings. The van der Waals surface area contributed by atoms with Crippen LogP contribution in [0.2, 0.25) is 0 Å². The molecule has 0 fully saturated rings. The zero-order chi connectivity index (χ0) is 17.6. The second-order valence-electron chi connectivity index (χ2n) is 5.64. The predicted molar refractivity (Wildman–Crippen MR) is 96.3 cm³/mol. The first-order chi connectivity index (χ1) is 12.2. The van der Waals surface area contributed by atoms with Crippen LogP contribution in [0.15, 0.2) is 67.1 Å². The number of benzene rings is 2. The maximum Gasteiger partial charge on any atom is 0.251 e. The molecule has 25 heavy (non-hydrogen) atoms. The lowest BCUT2D eigenvalue weighted by molar-refractivity contribution is 0.0940. The Kier molecular flexibility index (Phi) is 5.04. The molecule has 0 radical (unpaired) electrons. The number of carbonyl (C=O) groups is 1. The zero-order valence-corrected chi connectivity index (χ0v) is 14.1. The Balaban J connectivity index is 1.70. The van der Waals surface area contributed by atoms with E-state index in [4.69, 9.17) is 4.74 Å². The van der Waals surface area contributed by atoms with Crippen molar-refractivity contribution in [2.45, 2.75) is 13.0 Å². The highest BCUT2D eigenvalue weighted by Gasteiger charge is 2.12. The number of ether oxygens (including phenoxy) is 1. The van der Waals surface area contributed by atoms with E-state index in [1.54, 1.807) is 25.4 Å². The van der Waals surface area contributed by atoms with Crippen molar-refractivity contribution in [3.8, 4) is 17.0 Å². The van der Waals surface area contributed by atoms with Crippen LogP contribution < -0.4 is 10.1 Å². The minimum absolute atomic E-state index is 0.121. The highest BCUT2D eigenvalue weighted by molar-refractivity contribution is 5.94. The van der Waals surface area contributed by atoms with Crippen molar-refractivity contribution in [1.82, 2.24) is 15.3 Å². The van der Waals surface area contributed by atoms with Crippen molar-refractivity contribution < 1.29 is 9.53 Å². The van der Waals surface area contributed by atoms with E-state index in [-0.39, 0.29) is 11.9 Å². The number of carbonyl (C=O) groups excluding carboxylic acids is 1. The van der Waals surface area contributed by atoms with Crippen LogP contribution in [0.25, 0.3) is 11.3 Å². The summed E-state index contributed by atoms with van der Waals surface area (Å²) in [6.07, 6.45) is 3.20. The number of hydrogen-bond donors (Lipinski definition) is 1. The van der Waals surface area contributed by atoms with Gasteiger partial charge in [-0.3, -0.25) is 4.79 Å². The van der Waals surface area contributed by atoms with E-state index in [9.17, 15) is 4.79 Å². The fraction of sp³-hybridized carbons (Fsp3) is 0.150. The van der Waals surface area contributed by atoms with E-state index in [2.05, 4.69) is 15.3 Å². The van der Waals surface area contributed by atoms with Gasteiger partial charge in [0.15, 0.2) is 0 Å². The fourth-order valence-electron chi connectivity index (χ4n) is 2.53. The average Bonchev–Trinajstić information content (AvgIpc) is 2.68. The molecule has 3 rings (SSSR count). The third-order valence-electron chi connectivity index (χ3n) is 3.97. The topological polar surface area (TPSA) is 64.1 Å². The van der Waals surface area contributed by atoms with E-state index in [0.29, 0.717) is 5.56 Å². The lowest BCUT2D eigenvalue weighted by Crippen LogP contribution is -2.26. The summed E-state index contributed by atoms with van der Waals surface area (Å²) in [6.45, 7) is 1.95. The molecule has 1 aromatic heterocycles. The standard InChI is InChI=1S/C20H19N3O2/c1-14(17-4-3-5-18(12-17)25-2)23-20(24)16-8-6-15(7-9-16)19-10-11-21-13-22-19/h3-14H,1-2H3,(H,23,24)/t14-/m1/s1. The van der Waals surface area contributed by atoms with Gasteiger partial charge in [0.1, 0.15) is 12.1 Å². The molecule has 0 unspecified atom stereocenters. The molecule has 0 aliphatic carbocycles. The van der Waals surface area contributed by atoms with Crippen molar-refractivity contribution in [3.63, 3.8) is 0 Å². The van der Waals surface area contributed by atoms with Gasteiger partial charge in [0.2, 0.25) is 0 Å². The number of amides is 1. The summed E-state index contributed by atoms with van der Waals surface area (Å²) >= 11 is 0. The quantitative estimate of drug-likeness (QED) is 0.774. The number of nitrogens with zero attached hydrogens (tertiary/aromatic N) is 2. The Morgan fingerprint density at radius 2 is 1.92 bits per heavy atom. The van der Waals surface area contributed by atoms with Gasteiger partial charge >= 0.3 is 0 Å². The molecule has 1 atom stereocenters. The van der Waals surface area contributed by atoms with Crippen LogP contribution in [-0.2, 0) is 0 Å². The minimum Gasteiger partial charge on any atom is -0.497 e. The molecule has 0 bridgehead atoms. The molecule has 0 saturated heterocycles. The van der Waals surface area contributed by atoms with Crippen molar-refractivity contribution in [1.29, 1.82) is 0 Å². The molecular formula is C20H19N3O2. The molecule has 1 amide bonds. The van der Waals surface area contributed by atoms with E-state index in [1.807, 2.05) is 49.4 Å². The Hall–Kier alpha value is -3.21. The van der Waals surface area contributed by atoms with Gasteiger partial charge in [0.25, 0.3) is 5.91 Å². The van der Waals surface area contributed by atoms with Gasteiger partial charge in [0, 0.05) is 17.3 Å². The van der Waals surface area contributed by atoms with E-state index < -0.39 is 0 Å². The van der Waals surface area contributed by atoms with Gasteiger partial charge in [-0.15, -0.1) is 0 Å². The summed E-state index contributed by atoms with van der Waals surface area (Å²) < 4.78 is 5.23. The first-order valence-corrected chi connectivity index (χ1v) is 7.98. The summed E-state index contributed by atoms with van der Waals surface area (Å²) in [7, 11) is 1.63. The largest absolute Gasteiger partial charge is 0.497 e.